The zero-order chi connectivity index (χ0) is 24.5. The van der Waals surface area contributed by atoms with Gasteiger partial charge >= 0.3 is 0 Å². The Bertz CT molecular complexity index is 1320. The zero-order valence-corrected chi connectivity index (χ0v) is 20.1. The number of nitrogens with zero attached hydrogens (tertiary/aromatic N) is 5. The predicted molar refractivity (Wildman–Crippen MR) is 123 cm³/mol. The number of piperidine rings is 1. The second-order valence-electron chi connectivity index (χ2n) is 8.74. The van der Waals surface area contributed by atoms with E-state index < -0.39 is 21.3 Å². The van der Waals surface area contributed by atoms with Gasteiger partial charge in [-0.25, -0.2) is 12.8 Å². The third-order valence-electron chi connectivity index (χ3n) is 6.39. The van der Waals surface area contributed by atoms with Crippen molar-refractivity contribution < 1.29 is 17.6 Å². The van der Waals surface area contributed by atoms with Gasteiger partial charge in [0.2, 0.25) is 0 Å². The van der Waals surface area contributed by atoms with Gasteiger partial charge in [0.15, 0.2) is 0 Å². The summed E-state index contributed by atoms with van der Waals surface area (Å²) < 4.78 is 43.6. The number of aryl methyl sites for hydroxylation is 3. The van der Waals surface area contributed by atoms with Gasteiger partial charge in [0.05, 0.1) is 5.69 Å². The SMILES string of the molecule is Cc1ccc(C(=O)NCC2(c3ncccc3F)CCN(S(=O)(=O)c3nncn3C)CC2)c(C)c1. The molecule has 11 heteroatoms. The van der Waals surface area contributed by atoms with E-state index >= 15 is 0 Å². The number of nitrogens with one attached hydrogen (secondary N) is 1. The Morgan fingerprint density at radius 3 is 2.56 bits per heavy atom. The van der Waals surface area contributed by atoms with Gasteiger partial charge in [-0.15, -0.1) is 10.2 Å². The Hall–Kier alpha value is -3.18. The number of sulfonamides is 1. The van der Waals surface area contributed by atoms with E-state index in [2.05, 4.69) is 20.5 Å². The average molecular weight is 487 g/mol. The molecule has 0 spiro atoms. The first-order valence-electron chi connectivity index (χ1n) is 10.9. The summed E-state index contributed by atoms with van der Waals surface area (Å²) in [5, 5.41) is 10.2. The van der Waals surface area contributed by atoms with Crippen LogP contribution < -0.4 is 5.32 Å². The summed E-state index contributed by atoms with van der Waals surface area (Å²) in [5.74, 6) is -0.741. The highest BCUT2D eigenvalue weighted by Crippen LogP contribution is 2.37. The molecule has 0 bridgehead atoms. The van der Waals surface area contributed by atoms with Crippen molar-refractivity contribution in [2.24, 2.45) is 7.05 Å². The number of amides is 1. The molecular weight excluding hydrogens is 459 g/mol. The summed E-state index contributed by atoms with van der Waals surface area (Å²) in [4.78, 5) is 17.2. The smallest absolute Gasteiger partial charge is 0.278 e. The standard InChI is InChI=1S/C23H27FN6O3S/c1-16-6-7-18(17(2)13-16)21(31)26-14-23(20-19(24)5-4-10-25-20)8-11-30(12-9-23)34(32,33)22-28-27-15-29(22)3/h4-7,10,13,15H,8-9,11-12,14H2,1-3H3,(H,26,31). The summed E-state index contributed by atoms with van der Waals surface area (Å²) in [5.41, 5.74) is 1.82. The van der Waals surface area contributed by atoms with Crippen LogP contribution in [0.3, 0.4) is 0 Å². The molecule has 1 aliphatic heterocycles. The first-order valence-corrected chi connectivity index (χ1v) is 12.4. The first-order chi connectivity index (χ1) is 16.1. The van der Waals surface area contributed by atoms with Crippen LogP contribution in [0.4, 0.5) is 4.39 Å². The summed E-state index contributed by atoms with van der Waals surface area (Å²) in [7, 11) is -2.29. The van der Waals surface area contributed by atoms with Crippen LogP contribution in [0.1, 0.15) is 40.0 Å². The van der Waals surface area contributed by atoms with Gasteiger partial charge in [-0.1, -0.05) is 17.7 Å². The number of hydrogen-bond acceptors (Lipinski definition) is 6. The van der Waals surface area contributed by atoms with Crippen molar-refractivity contribution in [2.45, 2.75) is 37.3 Å². The van der Waals surface area contributed by atoms with Crippen LogP contribution in [0, 0.1) is 19.7 Å². The van der Waals surface area contributed by atoms with E-state index in [0.29, 0.717) is 5.56 Å². The van der Waals surface area contributed by atoms with Gasteiger partial charge in [0.1, 0.15) is 12.1 Å². The van der Waals surface area contributed by atoms with Crippen LogP contribution in [0.5, 0.6) is 0 Å². The molecule has 1 fully saturated rings. The molecule has 0 aliphatic carbocycles. The second-order valence-corrected chi connectivity index (χ2v) is 10.6. The number of pyridine rings is 1. The number of halogens is 1. The minimum atomic E-state index is -3.85. The van der Waals surface area contributed by atoms with Crippen molar-refractivity contribution in [1.29, 1.82) is 0 Å². The molecule has 0 atom stereocenters. The summed E-state index contributed by atoms with van der Waals surface area (Å²) in [6.07, 6.45) is 3.40. The quantitative estimate of drug-likeness (QED) is 0.572. The molecule has 1 N–H and O–H groups in total. The van der Waals surface area contributed by atoms with Crippen LogP contribution in [0.2, 0.25) is 0 Å². The third-order valence-corrected chi connectivity index (χ3v) is 8.27. The Kier molecular flexibility index (Phi) is 6.50. The van der Waals surface area contributed by atoms with E-state index in [1.54, 1.807) is 13.1 Å². The molecule has 1 amide bonds. The molecule has 0 saturated carbocycles. The largest absolute Gasteiger partial charge is 0.351 e. The van der Waals surface area contributed by atoms with E-state index in [1.165, 1.54) is 33.5 Å². The Morgan fingerprint density at radius 1 is 1.21 bits per heavy atom. The van der Waals surface area contributed by atoms with Crippen molar-refractivity contribution in [3.63, 3.8) is 0 Å². The maximum Gasteiger partial charge on any atom is 0.278 e. The van der Waals surface area contributed by atoms with E-state index in [1.807, 2.05) is 26.0 Å². The molecule has 1 aromatic carbocycles. The number of aromatic nitrogens is 4. The van der Waals surface area contributed by atoms with Crippen LogP contribution in [-0.2, 0) is 22.5 Å². The van der Waals surface area contributed by atoms with Crippen LogP contribution in [0.25, 0.3) is 0 Å². The highest BCUT2D eigenvalue weighted by Gasteiger charge is 2.43. The number of hydrogen-bond donors (Lipinski definition) is 1. The van der Waals surface area contributed by atoms with Gasteiger partial charge in [-0.2, -0.15) is 4.31 Å². The maximum absolute atomic E-state index is 14.9. The van der Waals surface area contributed by atoms with Crippen molar-refractivity contribution >= 4 is 15.9 Å². The van der Waals surface area contributed by atoms with Crippen LogP contribution in [0.15, 0.2) is 48.0 Å². The lowest BCUT2D eigenvalue weighted by atomic mass is 9.75. The van der Waals surface area contributed by atoms with E-state index in [-0.39, 0.29) is 49.2 Å². The van der Waals surface area contributed by atoms with Gasteiger partial charge < -0.3 is 9.88 Å². The molecule has 3 heterocycles. The number of benzene rings is 1. The molecular formula is C23H27FN6O3S. The minimum absolute atomic E-state index is 0.130. The van der Waals surface area contributed by atoms with Crippen molar-refractivity contribution in [3.8, 4) is 0 Å². The van der Waals surface area contributed by atoms with Gasteiger partial charge in [0.25, 0.3) is 21.1 Å². The van der Waals surface area contributed by atoms with Gasteiger partial charge in [-0.05, 0) is 50.5 Å². The molecule has 34 heavy (non-hydrogen) atoms. The number of carbonyl (C=O) groups excluding carboxylic acids is 1. The molecule has 1 aliphatic rings. The number of rotatable bonds is 6. The van der Waals surface area contributed by atoms with Gasteiger partial charge in [-0.3, -0.25) is 9.78 Å². The lowest BCUT2D eigenvalue weighted by Gasteiger charge is -2.40. The molecule has 1 saturated heterocycles. The average Bonchev–Trinajstić information content (AvgIpc) is 3.25. The molecule has 0 unspecified atom stereocenters. The van der Waals surface area contributed by atoms with Crippen LogP contribution >= 0.6 is 0 Å². The predicted octanol–water partition coefficient (Wildman–Crippen LogP) is 2.12. The third kappa shape index (κ3) is 4.45. The number of carbonyl (C=O) groups is 1. The molecule has 180 valence electrons. The van der Waals surface area contributed by atoms with E-state index in [9.17, 15) is 17.6 Å². The molecule has 4 rings (SSSR count). The van der Waals surface area contributed by atoms with Crippen LogP contribution in [-0.4, -0.2) is 58.0 Å². The van der Waals surface area contributed by atoms with Crippen molar-refractivity contribution in [2.75, 3.05) is 19.6 Å². The minimum Gasteiger partial charge on any atom is -0.351 e. The topological polar surface area (TPSA) is 110 Å². The second kappa shape index (κ2) is 9.22. The molecule has 0 radical (unpaired) electrons. The Morgan fingerprint density at radius 2 is 1.94 bits per heavy atom. The summed E-state index contributed by atoms with van der Waals surface area (Å²) in [6, 6.07) is 8.40. The normalized spacial score (nSPS) is 16.4. The van der Waals surface area contributed by atoms with Crippen molar-refractivity contribution in [3.05, 3.63) is 71.1 Å². The zero-order valence-electron chi connectivity index (χ0n) is 19.3. The highest BCUT2D eigenvalue weighted by atomic mass is 32.2. The van der Waals surface area contributed by atoms with E-state index in [4.69, 9.17) is 0 Å². The first kappa shape index (κ1) is 24.0. The Labute approximate surface area is 198 Å². The van der Waals surface area contributed by atoms with Crippen molar-refractivity contribution in [1.82, 2.24) is 29.4 Å². The molecule has 2 aromatic heterocycles. The fourth-order valence-corrected chi connectivity index (χ4v) is 5.92. The summed E-state index contributed by atoms with van der Waals surface area (Å²) >= 11 is 0. The van der Waals surface area contributed by atoms with Gasteiger partial charge in [0, 0.05) is 43.9 Å². The fraction of sp³-hybridized carbons (Fsp3) is 0.391. The monoisotopic (exact) mass is 486 g/mol. The lowest BCUT2D eigenvalue weighted by molar-refractivity contribution is 0.0930. The molecule has 9 nitrogen and oxygen atoms in total. The Balaban J connectivity index is 1.58. The lowest BCUT2D eigenvalue weighted by Crippen LogP contribution is -2.51. The van der Waals surface area contributed by atoms with E-state index in [0.717, 1.165) is 11.1 Å². The molecule has 3 aromatic rings. The highest BCUT2D eigenvalue weighted by molar-refractivity contribution is 7.89. The fourth-order valence-electron chi connectivity index (χ4n) is 4.46. The summed E-state index contributed by atoms with van der Waals surface area (Å²) in [6.45, 7) is 4.21. The maximum atomic E-state index is 14.9.